The zero-order valence-electron chi connectivity index (χ0n) is 22.2. The molecule has 0 aliphatic carbocycles. The van der Waals surface area contributed by atoms with Gasteiger partial charge in [0.05, 0.1) is 41.3 Å². The topological polar surface area (TPSA) is 132 Å². The Labute approximate surface area is 222 Å². The van der Waals surface area contributed by atoms with E-state index in [4.69, 9.17) is 9.47 Å². The Kier molecular flexibility index (Phi) is 8.62. The van der Waals surface area contributed by atoms with Crippen LogP contribution in [0.25, 0.3) is 5.69 Å². The summed E-state index contributed by atoms with van der Waals surface area (Å²) >= 11 is 0. The number of non-ortho nitro benzene ring substituents is 1. The van der Waals surface area contributed by atoms with Crippen molar-refractivity contribution in [3.63, 3.8) is 0 Å². The average Bonchev–Trinajstić information content (AvgIpc) is 3.34. The van der Waals surface area contributed by atoms with Gasteiger partial charge in [-0.05, 0) is 45.7 Å². The lowest BCUT2D eigenvalue weighted by molar-refractivity contribution is -0.384. The van der Waals surface area contributed by atoms with Crippen molar-refractivity contribution < 1.29 is 24.0 Å². The number of nitro benzene ring substituents is 1. The maximum atomic E-state index is 13.3. The van der Waals surface area contributed by atoms with Gasteiger partial charge in [-0.1, -0.05) is 0 Å². The summed E-state index contributed by atoms with van der Waals surface area (Å²) in [5.74, 6) is -0.248. The summed E-state index contributed by atoms with van der Waals surface area (Å²) in [6.45, 7) is 10.8. The molecule has 0 atom stereocenters. The summed E-state index contributed by atoms with van der Waals surface area (Å²) < 4.78 is 12.6. The van der Waals surface area contributed by atoms with Crippen LogP contribution in [0.1, 0.15) is 55.6 Å². The summed E-state index contributed by atoms with van der Waals surface area (Å²) in [4.78, 5) is 40.5. The Morgan fingerprint density at radius 2 is 1.79 bits per heavy atom. The number of rotatable bonds is 7. The zero-order valence-corrected chi connectivity index (χ0v) is 22.2. The number of aromatic nitrogens is 2. The van der Waals surface area contributed by atoms with Crippen molar-refractivity contribution in [1.82, 2.24) is 24.9 Å². The lowest BCUT2D eigenvalue weighted by atomic mass is 9.91. The van der Waals surface area contributed by atoms with Crippen LogP contribution >= 0.6 is 0 Å². The van der Waals surface area contributed by atoms with E-state index in [2.05, 4.69) is 15.3 Å². The Morgan fingerprint density at radius 3 is 2.39 bits per heavy atom. The second-order valence-electron chi connectivity index (χ2n) is 10.6. The first-order chi connectivity index (χ1) is 18.1. The maximum Gasteiger partial charge on any atom is 0.410 e. The van der Waals surface area contributed by atoms with Gasteiger partial charge in [0.25, 0.3) is 11.6 Å². The quantitative estimate of drug-likeness (QED) is 0.429. The molecular weight excluding hydrogens is 492 g/mol. The third-order valence-electron chi connectivity index (χ3n) is 6.71. The van der Waals surface area contributed by atoms with Gasteiger partial charge in [0.1, 0.15) is 5.60 Å². The third-order valence-corrected chi connectivity index (χ3v) is 6.71. The normalized spacial score (nSPS) is 17.3. The Hall–Kier alpha value is -3.51. The second-order valence-corrected chi connectivity index (χ2v) is 10.6. The first-order valence-electron chi connectivity index (χ1n) is 13.0. The van der Waals surface area contributed by atoms with Gasteiger partial charge in [0.2, 0.25) is 0 Å². The summed E-state index contributed by atoms with van der Waals surface area (Å²) in [6, 6.07) is 6.11. The first-order valence-corrected chi connectivity index (χ1v) is 13.0. The molecule has 0 radical (unpaired) electrons. The second kappa shape index (κ2) is 11.9. The number of morpholine rings is 1. The lowest BCUT2D eigenvalue weighted by Crippen LogP contribution is -2.42. The number of carbonyl (C=O) groups is 2. The SMILES string of the molecule is CC(C)(C)OC(=O)N1CCC(c2c(C(=O)NCCN3CCOCC3)cnn2-c2ccc([N+](=O)[O-])cc2)CC1. The van der Waals surface area contributed by atoms with E-state index >= 15 is 0 Å². The van der Waals surface area contributed by atoms with Crippen molar-refractivity contribution in [3.8, 4) is 5.69 Å². The molecule has 1 aromatic carbocycles. The average molecular weight is 529 g/mol. The van der Waals surface area contributed by atoms with Crippen LogP contribution in [0, 0.1) is 10.1 Å². The van der Waals surface area contributed by atoms with Crippen molar-refractivity contribution in [1.29, 1.82) is 0 Å². The van der Waals surface area contributed by atoms with Crippen molar-refractivity contribution in [3.05, 3.63) is 51.8 Å². The number of benzene rings is 1. The number of nitro groups is 1. The molecule has 2 fully saturated rings. The molecule has 2 aliphatic rings. The Bertz CT molecular complexity index is 1130. The van der Waals surface area contributed by atoms with Gasteiger partial charge < -0.3 is 19.7 Å². The van der Waals surface area contributed by atoms with Crippen LogP contribution in [0.5, 0.6) is 0 Å². The molecule has 12 heteroatoms. The highest BCUT2D eigenvalue weighted by Gasteiger charge is 2.32. The van der Waals surface area contributed by atoms with Crippen molar-refractivity contribution in [2.45, 2.75) is 45.1 Å². The number of ether oxygens (including phenoxy) is 2. The van der Waals surface area contributed by atoms with Crippen LogP contribution in [0.4, 0.5) is 10.5 Å². The van der Waals surface area contributed by atoms with Crippen LogP contribution in [0.2, 0.25) is 0 Å². The number of likely N-dealkylation sites (tertiary alicyclic amines) is 1. The molecule has 1 N–H and O–H groups in total. The zero-order chi connectivity index (χ0) is 27.3. The van der Waals surface area contributed by atoms with Gasteiger partial charge in [0.15, 0.2) is 0 Å². The number of hydrogen-bond donors (Lipinski definition) is 1. The molecule has 2 aromatic rings. The predicted octanol–water partition coefficient (Wildman–Crippen LogP) is 2.96. The number of hydrogen-bond acceptors (Lipinski definition) is 8. The summed E-state index contributed by atoms with van der Waals surface area (Å²) in [5, 5.41) is 18.7. The number of amides is 2. The Balaban J connectivity index is 1.52. The van der Waals surface area contributed by atoms with E-state index in [0.29, 0.717) is 56.9 Å². The van der Waals surface area contributed by atoms with Crippen molar-refractivity contribution in [2.24, 2.45) is 0 Å². The molecule has 1 aromatic heterocycles. The smallest absolute Gasteiger partial charge is 0.410 e. The highest BCUT2D eigenvalue weighted by atomic mass is 16.6. The molecule has 4 rings (SSSR count). The van der Waals surface area contributed by atoms with E-state index in [-0.39, 0.29) is 23.6 Å². The number of nitrogens with zero attached hydrogens (tertiary/aromatic N) is 5. The van der Waals surface area contributed by atoms with E-state index in [1.807, 2.05) is 20.8 Å². The highest BCUT2D eigenvalue weighted by Crippen LogP contribution is 2.33. The van der Waals surface area contributed by atoms with Gasteiger partial charge in [-0.3, -0.25) is 19.8 Å². The first kappa shape index (κ1) is 27.5. The molecule has 0 bridgehead atoms. The molecule has 38 heavy (non-hydrogen) atoms. The van der Waals surface area contributed by atoms with Crippen LogP contribution in [0.3, 0.4) is 0 Å². The minimum atomic E-state index is -0.574. The fourth-order valence-corrected chi connectivity index (χ4v) is 4.76. The van der Waals surface area contributed by atoms with Gasteiger partial charge in [0, 0.05) is 57.3 Å². The van der Waals surface area contributed by atoms with Gasteiger partial charge in [-0.2, -0.15) is 5.10 Å². The minimum Gasteiger partial charge on any atom is -0.444 e. The number of carbonyl (C=O) groups excluding carboxylic acids is 2. The maximum absolute atomic E-state index is 13.3. The predicted molar refractivity (Wildman–Crippen MR) is 140 cm³/mol. The van der Waals surface area contributed by atoms with Gasteiger partial charge >= 0.3 is 6.09 Å². The van der Waals surface area contributed by atoms with E-state index in [9.17, 15) is 19.7 Å². The van der Waals surface area contributed by atoms with Gasteiger partial charge in [-0.25, -0.2) is 9.48 Å². The van der Waals surface area contributed by atoms with Crippen molar-refractivity contribution in [2.75, 3.05) is 52.5 Å². The highest BCUT2D eigenvalue weighted by molar-refractivity contribution is 5.95. The molecule has 206 valence electrons. The fraction of sp³-hybridized carbons (Fsp3) is 0.577. The summed E-state index contributed by atoms with van der Waals surface area (Å²) in [7, 11) is 0. The largest absolute Gasteiger partial charge is 0.444 e. The molecule has 2 saturated heterocycles. The number of piperidine rings is 1. The molecule has 2 amide bonds. The van der Waals surface area contributed by atoms with Crippen LogP contribution in [-0.2, 0) is 9.47 Å². The van der Waals surface area contributed by atoms with Crippen molar-refractivity contribution >= 4 is 17.7 Å². The Morgan fingerprint density at radius 1 is 1.13 bits per heavy atom. The van der Waals surface area contributed by atoms with E-state index < -0.39 is 10.5 Å². The summed E-state index contributed by atoms with van der Waals surface area (Å²) in [5.41, 5.74) is 1.25. The van der Waals surface area contributed by atoms with Crippen LogP contribution in [0.15, 0.2) is 30.5 Å². The van der Waals surface area contributed by atoms with E-state index in [0.717, 1.165) is 25.3 Å². The molecule has 12 nitrogen and oxygen atoms in total. The van der Waals surface area contributed by atoms with Crippen LogP contribution in [-0.4, -0.2) is 94.6 Å². The van der Waals surface area contributed by atoms with E-state index in [1.54, 1.807) is 27.9 Å². The fourth-order valence-electron chi connectivity index (χ4n) is 4.76. The molecule has 0 spiro atoms. The molecule has 0 saturated carbocycles. The molecule has 3 heterocycles. The monoisotopic (exact) mass is 528 g/mol. The van der Waals surface area contributed by atoms with Crippen LogP contribution < -0.4 is 5.32 Å². The minimum absolute atomic E-state index is 0.0193. The molecule has 2 aliphatic heterocycles. The molecular formula is C26H36N6O6. The standard InChI is InChI=1S/C26H36N6O6/c1-26(2,3)38-25(34)30-11-8-19(9-12-30)23-22(24(33)27-10-13-29-14-16-37-17-15-29)18-28-31(23)20-4-6-21(7-5-20)32(35)36/h4-7,18-19H,8-17H2,1-3H3,(H,27,33). The summed E-state index contributed by atoms with van der Waals surface area (Å²) in [6.07, 6.45) is 2.47. The third kappa shape index (κ3) is 6.87. The lowest BCUT2D eigenvalue weighted by Gasteiger charge is -2.34. The molecule has 0 unspecified atom stereocenters. The van der Waals surface area contributed by atoms with Gasteiger partial charge in [-0.15, -0.1) is 0 Å². The van der Waals surface area contributed by atoms with E-state index in [1.165, 1.54) is 12.1 Å². The number of nitrogens with one attached hydrogen (secondary N) is 1.